The van der Waals surface area contributed by atoms with Gasteiger partial charge in [0.15, 0.2) is 0 Å². The van der Waals surface area contributed by atoms with Crippen LogP contribution in [0.2, 0.25) is 0 Å². The Hall–Kier alpha value is 0. The third-order valence-corrected chi connectivity index (χ3v) is 4.78. The molecule has 0 saturated heterocycles. The maximum Gasteiger partial charge on any atom is -0.0326 e. The van der Waals surface area contributed by atoms with E-state index in [4.69, 9.17) is 0 Å². The van der Waals surface area contributed by atoms with Gasteiger partial charge in [-0.2, -0.15) is 0 Å². The molecule has 0 nitrogen and oxygen atoms in total. The highest BCUT2D eigenvalue weighted by Crippen LogP contribution is 2.40. The molecular formula is C19H40. The second kappa shape index (κ2) is 10.7. The van der Waals surface area contributed by atoms with Crippen molar-refractivity contribution in [2.45, 2.75) is 106 Å². The van der Waals surface area contributed by atoms with Crippen molar-refractivity contribution in [3.05, 3.63) is 0 Å². The van der Waals surface area contributed by atoms with Crippen molar-refractivity contribution in [3.63, 3.8) is 0 Å². The Labute approximate surface area is 123 Å². The van der Waals surface area contributed by atoms with E-state index in [1.54, 1.807) is 0 Å². The maximum atomic E-state index is 2.55. The summed E-state index contributed by atoms with van der Waals surface area (Å²) < 4.78 is 0. The van der Waals surface area contributed by atoms with E-state index in [0.29, 0.717) is 5.41 Å². The van der Waals surface area contributed by atoms with Gasteiger partial charge < -0.3 is 0 Å². The maximum absolute atomic E-state index is 2.55. The average Bonchev–Trinajstić information content (AvgIpc) is 2.54. The Morgan fingerprint density at radius 1 is 1.00 bits per heavy atom. The van der Waals surface area contributed by atoms with Crippen LogP contribution in [0.5, 0.6) is 0 Å². The number of hydrogen-bond acceptors (Lipinski definition) is 0. The summed E-state index contributed by atoms with van der Waals surface area (Å²) in [6.45, 7) is 13.7. The quantitative estimate of drug-likeness (QED) is 0.352. The molecule has 1 saturated carbocycles. The second-order valence-electron chi connectivity index (χ2n) is 7.34. The van der Waals surface area contributed by atoms with Crippen LogP contribution in [0.25, 0.3) is 0 Å². The van der Waals surface area contributed by atoms with E-state index < -0.39 is 0 Å². The summed E-state index contributed by atoms with van der Waals surface area (Å²) >= 11 is 0. The molecule has 0 heterocycles. The molecule has 2 atom stereocenters. The SMILES string of the molecule is CC.CC(C)CCCCCC1(C)CCCC(C)CC1. The van der Waals surface area contributed by atoms with Crippen LogP contribution in [-0.4, -0.2) is 0 Å². The minimum atomic E-state index is 0.683. The molecule has 0 aromatic rings. The zero-order valence-electron chi connectivity index (χ0n) is 14.7. The highest BCUT2D eigenvalue weighted by atomic mass is 14.3. The van der Waals surface area contributed by atoms with E-state index in [1.165, 1.54) is 64.2 Å². The fourth-order valence-electron chi connectivity index (χ4n) is 3.27. The summed E-state index contributed by atoms with van der Waals surface area (Å²) in [4.78, 5) is 0. The van der Waals surface area contributed by atoms with Crippen molar-refractivity contribution in [2.75, 3.05) is 0 Å². The van der Waals surface area contributed by atoms with E-state index in [0.717, 1.165) is 11.8 Å². The van der Waals surface area contributed by atoms with Crippen LogP contribution in [0.1, 0.15) is 106 Å². The second-order valence-corrected chi connectivity index (χ2v) is 7.34. The molecule has 1 aliphatic rings. The average molecular weight is 269 g/mol. The van der Waals surface area contributed by atoms with Crippen LogP contribution in [0, 0.1) is 17.3 Å². The van der Waals surface area contributed by atoms with E-state index in [1.807, 2.05) is 13.8 Å². The molecule has 2 unspecified atom stereocenters. The zero-order chi connectivity index (χ0) is 14.7. The molecule has 1 rings (SSSR count). The highest BCUT2D eigenvalue weighted by molar-refractivity contribution is 4.78. The predicted molar refractivity (Wildman–Crippen MR) is 89.6 cm³/mol. The van der Waals surface area contributed by atoms with Gasteiger partial charge in [-0.25, -0.2) is 0 Å². The van der Waals surface area contributed by atoms with E-state index >= 15 is 0 Å². The lowest BCUT2D eigenvalue weighted by Crippen LogP contribution is -2.15. The highest BCUT2D eigenvalue weighted by Gasteiger charge is 2.26. The summed E-state index contributed by atoms with van der Waals surface area (Å²) in [5.41, 5.74) is 0.683. The molecule has 0 amide bonds. The normalized spacial score (nSPS) is 27.6. The molecule has 0 bridgehead atoms. The smallest absolute Gasteiger partial charge is 0.0326 e. The Bertz CT molecular complexity index is 194. The lowest BCUT2D eigenvalue weighted by Gasteiger charge is -2.28. The number of unbranched alkanes of at least 4 members (excludes halogenated alkanes) is 2. The lowest BCUT2D eigenvalue weighted by molar-refractivity contribution is 0.241. The topological polar surface area (TPSA) is 0 Å². The van der Waals surface area contributed by atoms with Gasteiger partial charge in [-0.3, -0.25) is 0 Å². The first-order valence-electron chi connectivity index (χ1n) is 9.02. The van der Waals surface area contributed by atoms with Crippen molar-refractivity contribution < 1.29 is 0 Å². The molecular weight excluding hydrogens is 228 g/mol. The van der Waals surface area contributed by atoms with Crippen LogP contribution >= 0.6 is 0 Å². The molecule has 1 aliphatic carbocycles. The molecule has 1 fully saturated rings. The fraction of sp³-hybridized carbons (Fsp3) is 1.00. The fourth-order valence-corrected chi connectivity index (χ4v) is 3.27. The largest absolute Gasteiger partial charge is 0.0683 e. The first kappa shape index (κ1) is 19.0. The summed E-state index contributed by atoms with van der Waals surface area (Å²) in [7, 11) is 0. The first-order chi connectivity index (χ1) is 9.02. The van der Waals surface area contributed by atoms with Crippen molar-refractivity contribution in [2.24, 2.45) is 17.3 Å². The van der Waals surface area contributed by atoms with Gasteiger partial charge in [0.2, 0.25) is 0 Å². The van der Waals surface area contributed by atoms with Gasteiger partial charge in [0, 0.05) is 0 Å². The monoisotopic (exact) mass is 268 g/mol. The molecule has 0 spiro atoms. The van der Waals surface area contributed by atoms with Gasteiger partial charge in [0.1, 0.15) is 0 Å². The Kier molecular flexibility index (Phi) is 10.7. The third-order valence-electron chi connectivity index (χ3n) is 4.78. The summed E-state index contributed by atoms with van der Waals surface area (Å²) in [6, 6.07) is 0. The van der Waals surface area contributed by atoms with Crippen LogP contribution < -0.4 is 0 Å². The lowest BCUT2D eigenvalue weighted by atomic mass is 9.78. The standard InChI is InChI=1S/C17H34.C2H6/c1-15(2)9-6-5-7-12-17(4)13-8-10-16(3)11-14-17;1-2/h15-16H,5-14H2,1-4H3;1-2H3. The van der Waals surface area contributed by atoms with E-state index in [2.05, 4.69) is 27.7 Å². The van der Waals surface area contributed by atoms with Crippen LogP contribution in [0.3, 0.4) is 0 Å². The molecule has 0 N–H and O–H groups in total. The van der Waals surface area contributed by atoms with E-state index in [-0.39, 0.29) is 0 Å². The van der Waals surface area contributed by atoms with Crippen molar-refractivity contribution in [1.82, 2.24) is 0 Å². The number of hydrogen-bond donors (Lipinski definition) is 0. The minimum absolute atomic E-state index is 0.683. The number of rotatable bonds is 6. The van der Waals surface area contributed by atoms with Gasteiger partial charge in [0.25, 0.3) is 0 Å². The molecule has 19 heavy (non-hydrogen) atoms. The van der Waals surface area contributed by atoms with Crippen LogP contribution in [0.15, 0.2) is 0 Å². The van der Waals surface area contributed by atoms with Gasteiger partial charge in [-0.05, 0) is 36.5 Å². The molecule has 116 valence electrons. The van der Waals surface area contributed by atoms with Gasteiger partial charge in [-0.1, -0.05) is 86.5 Å². The molecule has 0 aromatic heterocycles. The van der Waals surface area contributed by atoms with Crippen molar-refractivity contribution in [1.29, 1.82) is 0 Å². The Morgan fingerprint density at radius 3 is 2.32 bits per heavy atom. The Balaban J connectivity index is 0.00000154. The molecule has 0 heteroatoms. The van der Waals surface area contributed by atoms with Gasteiger partial charge in [-0.15, -0.1) is 0 Å². The van der Waals surface area contributed by atoms with Crippen molar-refractivity contribution >= 4 is 0 Å². The molecule has 0 radical (unpaired) electrons. The molecule has 0 aromatic carbocycles. The van der Waals surface area contributed by atoms with Crippen molar-refractivity contribution in [3.8, 4) is 0 Å². The molecule has 0 aliphatic heterocycles. The Morgan fingerprint density at radius 2 is 1.68 bits per heavy atom. The summed E-state index contributed by atoms with van der Waals surface area (Å²) in [6.07, 6.45) is 14.7. The predicted octanol–water partition coefficient (Wildman–Crippen LogP) is 7.23. The summed E-state index contributed by atoms with van der Waals surface area (Å²) in [5.74, 6) is 1.88. The minimum Gasteiger partial charge on any atom is -0.0683 e. The van der Waals surface area contributed by atoms with E-state index in [9.17, 15) is 0 Å². The van der Waals surface area contributed by atoms with Gasteiger partial charge >= 0.3 is 0 Å². The van der Waals surface area contributed by atoms with Gasteiger partial charge in [0.05, 0.1) is 0 Å². The zero-order valence-corrected chi connectivity index (χ0v) is 14.7. The summed E-state index contributed by atoms with van der Waals surface area (Å²) in [5, 5.41) is 0. The first-order valence-corrected chi connectivity index (χ1v) is 9.02. The van der Waals surface area contributed by atoms with Crippen LogP contribution in [0.4, 0.5) is 0 Å². The third kappa shape index (κ3) is 9.52. The van der Waals surface area contributed by atoms with Crippen LogP contribution in [-0.2, 0) is 0 Å².